The Hall–Kier alpha value is -2.30. The number of para-hydroxylation sites is 1. The highest BCUT2D eigenvalue weighted by molar-refractivity contribution is 5.89. The second kappa shape index (κ2) is 11.3. The van der Waals surface area contributed by atoms with Gasteiger partial charge >= 0.3 is 0 Å². The maximum atomic E-state index is 12.0. The van der Waals surface area contributed by atoms with Gasteiger partial charge in [0.25, 0.3) is 5.56 Å². The summed E-state index contributed by atoms with van der Waals surface area (Å²) in [5, 5.41) is 5.72. The third-order valence-corrected chi connectivity index (χ3v) is 4.52. The van der Waals surface area contributed by atoms with Crippen molar-refractivity contribution in [2.45, 2.75) is 71.1 Å². The molecule has 1 aromatic carbocycles. The second-order valence-electron chi connectivity index (χ2n) is 6.81. The van der Waals surface area contributed by atoms with Gasteiger partial charge in [0.05, 0.1) is 5.69 Å². The average Bonchev–Trinajstić information content (AvgIpc) is 3.01. The van der Waals surface area contributed by atoms with Crippen LogP contribution in [0, 0.1) is 0 Å². The number of amides is 1. The van der Waals surface area contributed by atoms with Crippen molar-refractivity contribution in [1.29, 1.82) is 0 Å². The molecule has 0 aliphatic heterocycles. The van der Waals surface area contributed by atoms with E-state index in [9.17, 15) is 9.59 Å². The van der Waals surface area contributed by atoms with E-state index in [4.69, 9.17) is 0 Å². The fourth-order valence-electron chi connectivity index (χ4n) is 3.04. The number of carbonyl (C=O) groups is 1. The minimum atomic E-state index is -0.186. The van der Waals surface area contributed by atoms with E-state index in [1.54, 1.807) is 0 Å². The molecule has 0 spiro atoms. The smallest absolute Gasteiger partial charge is 0.273 e. The third-order valence-electron chi connectivity index (χ3n) is 4.52. The molecular weight excluding hydrogens is 326 g/mol. The number of benzene rings is 1. The van der Waals surface area contributed by atoms with Gasteiger partial charge in [0.1, 0.15) is 5.82 Å². The molecule has 1 aromatic heterocycles. The topological polar surface area (TPSA) is 66.9 Å². The molecule has 2 N–H and O–H groups in total. The molecule has 0 aliphatic carbocycles. The summed E-state index contributed by atoms with van der Waals surface area (Å²) in [5.41, 5.74) is 0.562. The molecule has 1 heterocycles. The molecule has 0 saturated carbocycles. The summed E-state index contributed by atoms with van der Waals surface area (Å²) in [4.78, 5) is 24.1. The summed E-state index contributed by atoms with van der Waals surface area (Å²) in [7, 11) is 0. The molecule has 0 aliphatic rings. The molecule has 142 valence electrons. The van der Waals surface area contributed by atoms with Crippen molar-refractivity contribution >= 4 is 11.7 Å². The van der Waals surface area contributed by atoms with Crippen molar-refractivity contribution in [3.05, 3.63) is 46.8 Å². The van der Waals surface area contributed by atoms with Crippen LogP contribution in [0.1, 0.15) is 71.1 Å². The number of carbonyl (C=O) groups excluding carboxylic acids is 1. The van der Waals surface area contributed by atoms with Gasteiger partial charge in [0.2, 0.25) is 5.91 Å². The number of nitrogens with one attached hydrogen (secondary N) is 2. The lowest BCUT2D eigenvalue weighted by Crippen LogP contribution is -2.13. The van der Waals surface area contributed by atoms with Crippen LogP contribution in [0.2, 0.25) is 0 Å². The molecule has 0 unspecified atom stereocenters. The van der Waals surface area contributed by atoms with Crippen molar-refractivity contribution in [2.75, 3.05) is 5.32 Å². The minimum absolute atomic E-state index is 0.0468. The molecule has 5 nitrogen and oxygen atoms in total. The Balaban J connectivity index is 1.65. The zero-order valence-corrected chi connectivity index (χ0v) is 15.8. The fraction of sp³-hybridized carbons (Fsp3) is 0.524. The van der Waals surface area contributed by atoms with E-state index >= 15 is 0 Å². The number of nitrogens with zero attached hydrogens (tertiary/aromatic N) is 1. The number of rotatable bonds is 12. The van der Waals surface area contributed by atoms with Crippen molar-refractivity contribution in [2.24, 2.45) is 0 Å². The lowest BCUT2D eigenvalue weighted by molar-refractivity contribution is -0.116. The molecule has 0 fully saturated rings. The molecule has 0 saturated heterocycles. The van der Waals surface area contributed by atoms with Crippen LogP contribution in [0.15, 0.2) is 41.2 Å². The molecule has 0 bridgehead atoms. The Morgan fingerprint density at radius 2 is 1.58 bits per heavy atom. The van der Waals surface area contributed by atoms with Gasteiger partial charge < -0.3 is 5.32 Å². The van der Waals surface area contributed by atoms with Crippen molar-refractivity contribution in [3.8, 4) is 5.69 Å². The van der Waals surface area contributed by atoms with E-state index in [-0.39, 0.29) is 11.5 Å². The highest BCUT2D eigenvalue weighted by Gasteiger charge is 2.08. The monoisotopic (exact) mass is 357 g/mol. The SMILES string of the molecule is CCCCCCCCCCCC(=O)Nc1cc(=O)n(-c2ccccc2)[nH]1. The van der Waals surface area contributed by atoms with Gasteiger partial charge in [-0.25, -0.2) is 4.68 Å². The summed E-state index contributed by atoms with van der Waals surface area (Å²) < 4.78 is 1.42. The quantitative estimate of drug-likeness (QED) is 0.523. The van der Waals surface area contributed by atoms with Crippen LogP contribution in [-0.2, 0) is 4.79 Å². The van der Waals surface area contributed by atoms with Gasteiger partial charge in [0.15, 0.2) is 0 Å². The number of aromatic nitrogens is 2. The lowest BCUT2D eigenvalue weighted by Gasteiger charge is -2.04. The lowest BCUT2D eigenvalue weighted by atomic mass is 10.1. The van der Waals surface area contributed by atoms with Crippen LogP contribution in [0.4, 0.5) is 5.82 Å². The summed E-state index contributed by atoms with van der Waals surface area (Å²) in [6.45, 7) is 2.23. The first-order valence-corrected chi connectivity index (χ1v) is 9.88. The van der Waals surface area contributed by atoms with E-state index in [0.717, 1.165) is 18.5 Å². The number of anilines is 1. The van der Waals surface area contributed by atoms with E-state index in [1.165, 1.54) is 55.7 Å². The summed E-state index contributed by atoms with van der Waals surface area (Å²) in [5.74, 6) is 0.397. The minimum Gasteiger partial charge on any atom is -0.311 e. The zero-order valence-electron chi connectivity index (χ0n) is 15.8. The maximum Gasteiger partial charge on any atom is 0.273 e. The largest absolute Gasteiger partial charge is 0.311 e. The predicted octanol–water partition coefficient (Wildman–Crippen LogP) is 5.03. The summed E-state index contributed by atoms with van der Waals surface area (Å²) in [6.07, 6.45) is 11.5. The number of hydrogen-bond donors (Lipinski definition) is 2. The molecule has 0 radical (unpaired) electrons. The second-order valence-corrected chi connectivity index (χ2v) is 6.81. The van der Waals surface area contributed by atoms with Crippen LogP contribution in [0.25, 0.3) is 5.69 Å². The Labute approximate surface area is 155 Å². The zero-order chi connectivity index (χ0) is 18.6. The Morgan fingerprint density at radius 1 is 0.962 bits per heavy atom. The Bertz CT molecular complexity index is 704. The molecule has 2 aromatic rings. The molecular formula is C21H31N3O2. The van der Waals surface area contributed by atoms with Gasteiger partial charge in [-0.3, -0.25) is 14.7 Å². The first kappa shape index (κ1) is 20.0. The summed E-state index contributed by atoms with van der Waals surface area (Å²) in [6, 6.07) is 10.7. The standard InChI is InChI=1S/C21H31N3O2/c1-2-3-4-5-6-7-8-9-13-16-20(25)22-19-17-21(26)24(23-19)18-14-11-10-12-15-18/h10-12,14-15,17,23H,2-9,13,16H2,1H3,(H,22,25). The van der Waals surface area contributed by atoms with Gasteiger partial charge in [-0.2, -0.15) is 0 Å². The van der Waals surface area contributed by atoms with E-state index in [2.05, 4.69) is 17.3 Å². The van der Waals surface area contributed by atoms with Gasteiger partial charge in [-0.1, -0.05) is 76.5 Å². The third kappa shape index (κ3) is 6.90. The van der Waals surface area contributed by atoms with Gasteiger partial charge in [0, 0.05) is 12.5 Å². The van der Waals surface area contributed by atoms with E-state index < -0.39 is 0 Å². The Morgan fingerprint density at radius 3 is 2.23 bits per heavy atom. The van der Waals surface area contributed by atoms with Crippen LogP contribution in [-0.4, -0.2) is 15.7 Å². The highest BCUT2D eigenvalue weighted by Crippen LogP contribution is 2.11. The van der Waals surface area contributed by atoms with Crippen LogP contribution in [0.3, 0.4) is 0 Å². The first-order chi connectivity index (χ1) is 12.7. The molecule has 1 amide bonds. The number of aromatic amines is 1. The molecule has 5 heteroatoms. The number of hydrogen-bond acceptors (Lipinski definition) is 2. The first-order valence-electron chi connectivity index (χ1n) is 9.88. The van der Waals surface area contributed by atoms with E-state index in [1.807, 2.05) is 30.3 Å². The molecule has 0 atom stereocenters. The van der Waals surface area contributed by atoms with Crippen LogP contribution in [0.5, 0.6) is 0 Å². The predicted molar refractivity (Wildman–Crippen MR) is 107 cm³/mol. The van der Waals surface area contributed by atoms with Crippen molar-refractivity contribution in [1.82, 2.24) is 9.78 Å². The Kier molecular flexibility index (Phi) is 8.73. The van der Waals surface area contributed by atoms with Crippen molar-refractivity contribution in [3.63, 3.8) is 0 Å². The van der Waals surface area contributed by atoms with E-state index in [0.29, 0.717) is 12.2 Å². The number of unbranched alkanes of at least 4 members (excludes halogenated alkanes) is 8. The average molecular weight is 357 g/mol. The summed E-state index contributed by atoms with van der Waals surface area (Å²) >= 11 is 0. The van der Waals surface area contributed by atoms with Crippen molar-refractivity contribution < 1.29 is 4.79 Å². The van der Waals surface area contributed by atoms with Gasteiger partial charge in [-0.15, -0.1) is 0 Å². The molecule has 2 rings (SSSR count). The fourth-order valence-corrected chi connectivity index (χ4v) is 3.04. The maximum absolute atomic E-state index is 12.0. The van der Waals surface area contributed by atoms with Crippen LogP contribution < -0.4 is 10.9 Å². The van der Waals surface area contributed by atoms with Crippen LogP contribution >= 0.6 is 0 Å². The highest BCUT2D eigenvalue weighted by atomic mass is 16.2. The van der Waals surface area contributed by atoms with Gasteiger partial charge in [-0.05, 0) is 18.6 Å². The number of H-pyrrole nitrogens is 1. The molecule has 26 heavy (non-hydrogen) atoms. The normalized spacial score (nSPS) is 10.8.